The van der Waals surface area contributed by atoms with Crippen molar-refractivity contribution in [2.24, 2.45) is 23.7 Å². The quantitative estimate of drug-likeness (QED) is 0.125. The first-order valence-electron chi connectivity index (χ1n) is 16.1. The molecule has 9 heteroatoms. The Balaban J connectivity index is 1.73. The molecular weight excluding hydrogens is 564 g/mol. The molecule has 0 aliphatic carbocycles. The average Bonchev–Trinajstić information content (AvgIpc) is 2.93. The lowest BCUT2D eigenvalue weighted by Gasteiger charge is -2.47. The second-order valence-electron chi connectivity index (χ2n) is 14.3. The van der Waals surface area contributed by atoms with Gasteiger partial charge in [0.05, 0.1) is 18.8 Å². The lowest BCUT2D eigenvalue weighted by atomic mass is 9.76. The van der Waals surface area contributed by atoms with Gasteiger partial charge in [-0.25, -0.2) is 4.79 Å². The molecule has 0 radical (unpaired) electrons. The van der Waals surface area contributed by atoms with Crippen LogP contribution in [0.25, 0.3) is 0 Å². The number of carbonyl (C=O) groups excluding carboxylic acids is 2. The van der Waals surface area contributed by atoms with Crippen molar-refractivity contribution < 1.29 is 37.7 Å². The lowest BCUT2D eigenvalue weighted by Crippen LogP contribution is -2.55. The van der Waals surface area contributed by atoms with Gasteiger partial charge >= 0.3 is 12.1 Å². The topological polar surface area (TPSA) is 89.5 Å². The first kappa shape index (κ1) is 35.5. The number of esters is 1. The molecule has 2 aliphatic heterocycles. The van der Waals surface area contributed by atoms with Crippen LogP contribution in [0.4, 0.5) is 4.79 Å². The fourth-order valence-corrected chi connectivity index (χ4v) is 7.66. The zero-order valence-electron chi connectivity index (χ0n) is 28.1. The van der Waals surface area contributed by atoms with Crippen molar-refractivity contribution in [3.63, 3.8) is 0 Å². The van der Waals surface area contributed by atoms with Gasteiger partial charge in [-0.3, -0.25) is 4.79 Å². The minimum absolute atomic E-state index is 0.0384. The van der Waals surface area contributed by atoms with Crippen molar-refractivity contribution in [3.05, 3.63) is 35.9 Å². The molecule has 1 aromatic rings. The predicted molar refractivity (Wildman–Crippen MR) is 169 cm³/mol. The van der Waals surface area contributed by atoms with Crippen LogP contribution in [0.15, 0.2) is 30.3 Å². The van der Waals surface area contributed by atoms with E-state index >= 15 is 0 Å². The van der Waals surface area contributed by atoms with E-state index in [4.69, 9.17) is 28.1 Å². The highest BCUT2D eigenvalue weighted by Crippen LogP contribution is 2.42. The largest absolute Gasteiger partial charge is 0.508 e. The van der Waals surface area contributed by atoms with Crippen LogP contribution >= 0.6 is 0 Å². The number of rotatable bonds is 13. The Hall–Kier alpha value is -1.94. The monoisotopic (exact) mass is 620 g/mol. The molecule has 8 nitrogen and oxygen atoms in total. The maximum absolute atomic E-state index is 12.9. The van der Waals surface area contributed by atoms with Gasteiger partial charge in [-0.1, -0.05) is 78.8 Å². The fourth-order valence-electron chi connectivity index (χ4n) is 6.21. The van der Waals surface area contributed by atoms with Crippen LogP contribution in [-0.4, -0.2) is 57.8 Å². The summed E-state index contributed by atoms with van der Waals surface area (Å²) in [5, 5.41) is 0.0384. The smallest absolute Gasteiger partial charge is 0.436 e. The highest BCUT2D eigenvalue weighted by molar-refractivity contribution is 6.74. The third kappa shape index (κ3) is 9.77. The standard InChI is InChI=1S/C34H56O8Si/c1-22-18-19-29(38-26(5)35)39-30(22)24(3)32-25(4)31(40-33(36)41-32)23(2)28(42-43(9,10)34(6,7)8)17-14-20-37-21-27-15-12-11-13-16-27/h11-13,15-16,22-25,28-32H,14,17-21H2,1-10H3/t22-,23-,24+,25-,28+,29?,30-,31-,32+/m0/s1. The molecule has 244 valence electrons. The van der Waals surface area contributed by atoms with Crippen LogP contribution in [0.1, 0.15) is 86.6 Å². The Kier molecular flexibility index (Phi) is 12.7. The Labute approximate surface area is 260 Å². The molecule has 0 aromatic heterocycles. The summed E-state index contributed by atoms with van der Waals surface area (Å²) >= 11 is 0. The molecule has 2 saturated heterocycles. The molecule has 2 aliphatic rings. The highest BCUT2D eigenvalue weighted by Gasteiger charge is 2.49. The number of hydrogen-bond donors (Lipinski definition) is 0. The molecule has 0 saturated carbocycles. The molecule has 1 unspecified atom stereocenters. The van der Waals surface area contributed by atoms with Crippen LogP contribution in [0.2, 0.25) is 18.1 Å². The second kappa shape index (κ2) is 15.4. The maximum Gasteiger partial charge on any atom is 0.508 e. The zero-order chi connectivity index (χ0) is 31.9. The second-order valence-corrected chi connectivity index (χ2v) is 19.0. The number of carbonyl (C=O) groups is 2. The number of hydrogen-bond acceptors (Lipinski definition) is 8. The highest BCUT2D eigenvalue weighted by atomic mass is 28.4. The number of cyclic esters (lactones) is 2. The molecule has 0 spiro atoms. The fraction of sp³-hybridized carbons (Fsp3) is 0.765. The summed E-state index contributed by atoms with van der Waals surface area (Å²) in [5.41, 5.74) is 1.16. The van der Waals surface area contributed by atoms with E-state index in [0.29, 0.717) is 19.6 Å². The van der Waals surface area contributed by atoms with E-state index in [1.165, 1.54) is 6.92 Å². The Bertz CT molecular complexity index is 1020. The van der Waals surface area contributed by atoms with Crippen molar-refractivity contribution in [2.75, 3.05) is 6.61 Å². The van der Waals surface area contributed by atoms with Crippen molar-refractivity contribution in [1.29, 1.82) is 0 Å². The SMILES string of the molecule is CC(=O)OC1CC[C@H](C)[C@@H]([C@@H](C)[C@H]2OC(=O)O[C@@H]([C@@H](C)[C@@H](CCCOCc3ccccc3)O[Si](C)(C)C(C)(C)C)[C@@H]2C)O1. The summed E-state index contributed by atoms with van der Waals surface area (Å²) < 4.78 is 36.4. The number of benzene rings is 1. The maximum atomic E-state index is 12.9. The summed E-state index contributed by atoms with van der Waals surface area (Å²) in [6, 6.07) is 10.2. The molecule has 2 fully saturated rings. The van der Waals surface area contributed by atoms with Gasteiger partial charge in [-0.05, 0) is 48.9 Å². The van der Waals surface area contributed by atoms with E-state index < -0.39 is 26.9 Å². The van der Waals surface area contributed by atoms with Crippen molar-refractivity contribution in [1.82, 2.24) is 0 Å². The minimum atomic E-state index is -2.12. The van der Waals surface area contributed by atoms with Crippen LogP contribution in [0, 0.1) is 23.7 Å². The Morgan fingerprint density at radius 3 is 2.30 bits per heavy atom. The predicted octanol–water partition coefficient (Wildman–Crippen LogP) is 7.89. The van der Waals surface area contributed by atoms with Gasteiger partial charge in [0.2, 0.25) is 6.29 Å². The molecule has 1 aromatic carbocycles. The van der Waals surface area contributed by atoms with Gasteiger partial charge in [-0.2, -0.15) is 0 Å². The summed E-state index contributed by atoms with van der Waals surface area (Å²) in [7, 11) is -2.12. The summed E-state index contributed by atoms with van der Waals surface area (Å²) in [5.74, 6) is -0.385. The average molecular weight is 621 g/mol. The summed E-state index contributed by atoms with van der Waals surface area (Å²) in [4.78, 5) is 24.5. The third-order valence-electron chi connectivity index (χ3n) is 9.81. The molecule has 0 bridgehead atoms. The van der Waals surface area contributed by atoms with Gasteiger partial charge in [-0.15, -0.1) is 0 Å². The molecular formula is C34H56O8Si. The molecule has 9 atom stereocenters. The molecule has 0 amide bonds. The molecule has 0 N–H and O–H groups in total. The van der Waals surface area contributed by atoms with Crippen LogP contribution in [-0.2, 0) is 39.5 Å². The minimum Gasteiger partial charge on any atom is -0.436 e. The van der Waals surface area contributed by atoms with E-state index in [-0.39, 0.29) is 53.0 Å². The Morgan fingerprint density at radius 2 is 1.67 bits per heavy atom. The van der Waals surface area contributed by atoms with Gasteiger partial charge in [0.25, 0.3) is 0 Å². The lowest BCUT2D eigenvalue weighted by molar-refractivity contribution is -0.231. The van der Waals surface area contributed by atoms with Crippen LogP contribution in [0.5, 0.6) is 0 Å². The number of ether oxygens (including phenoxy) is 5. The van der Waals surface area contributed by atoms with Crippen molar-refractivity contribution >= 4 is 20.4 Å². The van der Waals surface area contributed by atoms with Gasteiger partial charge < -0.3 is 28.1 Å². The van der Waals surface area contributed by atoms with Crippen molar-refractivity contribution in [3.8, 4) is 0 Å². The van der Waals surface area contributed by atoms with Crippen LogP contribution < -0.4 is 0 Å². The first-order chi connectivity index (χ1) is 20.1. The summed E-state index contributed by atoms with van der Waals surface area (Å²) in [6.45, 7) is 22.3. The van der Waals surface area contributed by atoms with Gasteiger partial charge in [0.1, 0.15) is 12.2 Å². The van der Waals surface area contributed by atoms with E-state index in [1.807, 2.05) is 18.2 Å². The third-order valence-corrected chi connectivity index (χ3v) is 14.3. The van der Waals surface area contributed by atoms with E-state index in [2.05, 4.69) is 73.7 Å². The first-order valence-corrected chi connectivity index (χ1v) is 19.0. The summed E-state index contributed by atoms with van der Waals surface area (Å²) in [6.07, 6.45) is 0.849. The van der Waals surface area contributed by atoms with Crippen LogP contribution in [0.3, 0.4) is 0 Å². The van der Waals surface area contributed by atoms with E-state index in [9.17, 15) is 9.59 Å². The molecule has 2 heterocycles. The zero-order valence-corrected chi connectivity index (χ0v) is 29.1. The van der Waals surface area contributed by atoms with E-state index in [1.54, 1.807) is 0 Å². The van der Waals surface area contributed by atoms with E-state index in [0.717, 1.165) is 24.8 Å². The van der Waals surface area contributed by atoms with Gasteiger partial charge in [0.15, 0.2) is 8.32 Å². The molecule has 3 rings (SSSR count). The van der Waals surface area contributed by atoms with Crippen molar-refractivity contribution in [2.45, 2.75) is 137 Å². The molecule has 43 heavy (non-hydrogen) atoms. The van der Waals surface area contributed by atoms with Gasteiger partial charge in [0, 0.05) is 37.7 Å². The normalized spacial score (nSPS) is 28.7. The Morgan fingerprint density at radius 1 is 1.02 bits per heavy atom.